The number of carbonyl (C=O) groups excluding carboxylic acids is 2. The molecular formula is C40H39F2N3NaO6. The van der Waals surface area contributed by atoms with Crippen LogP contribution >= 0.6 is 0 Å². The van der Waals surface area contributed by atoms with Crippen LogP contribution in [0.1, 0.15) is 37.8 Å². The van der Waals surface area contributed by atoms with Crippen LogP contribution in [0.2, 0.25) is 0 Å². The number of aliphatic hydroxyl groups is 2. The van der Waals surface area contributed by atoms with Gasteiger partial charge in [0, 0.05) is 59.0 Å². The van der Waals surface area contributed by atoms with Crippen molar-refractivity contribution in [1.82, 2.24) is 4.90 Å². The summed E-state index contributed by atoms with van der Waals surface area (Å²) in [7, 11) is 0. The Morgan fingerprint density at radius 2 is 1.27 bits per heavy atom. The number of anilines is 2. The summed E-state index contributed by atoms with van der Waals surface area (Å²) in [5, 5.41) is 36.1. The molecule has 2 unspecified atom stereocenters. The van der Waals surface area contributed by atoms with E-state index < -0.39 is 65.7 Å². The van der Waals surface area contributed by atoms with Crippen molar-refractivity contribution in [3.8, 4) is 0 Å². The summed E-state index contributed by atoms with van der Waals surface area (Å²) < 4.78 is 28.3. The molecule has 4 aromatic rings. The normalized spacial score (nSPS) is 18.6. The number of aliphatic hydroxyl groups excluding tert-OH is 2. The van der Waals surface area contributed by atoms with Crippen LogP contribution in [0.25, 0.3) is 11.1 Å². The molecule has 4 aromatic carbocycles. The summed E-state index contributed by atoms with van der Waals surface area (Å²) in [6.45, 7) is 3.61. The topological polar surface area (TPSA) is 139 Å². The fraction of sp³-hybridized carbons (Fsp3) is 0.225. The van der Waals surface area contributed by atoms with Crippen molar-refractivity contribution >= 4 is 69.9 Å². The molecule has 0 saturated carbocycles. The number of carboxylic acids is 1. The molecule has 1 aliphatic heterocycles. The van der Waals surface area contributed by atoms with E-state index in [0.29, 0.717) is 22.4 Å². The number of carbonyl (C=O) groups is 3. The van der Waals surface area contributed by atoms with Gasteiger partial charge in [0.2, 0.25) is 5.54 Å². The van der Waals surface area contributed by atoms with Crippen LogP contribution in [-0.4, -0.2) is 97.4 Å². The molecule has 2 amide bonds. The molecule has 0 bridgehead atoms. The average Bonchev–Trinajstić information content (AvgIpc) is 3.41. The number of para-hydroxylation sites is 1. The smallest absolute Gasteiger partial charge is 0.305 e. The van der Waals surface area contributed by atoms with Crippen LogP contribution in [0.15, 0.2) is 121 Å². The van der Waals surface area contributed by atoms with Gasteiger partial charge in [-0.25, -0.2) is 8.78 Å². The van der Waals surface area contributed by atoms with E-state index >= 15 is 9.59 Å². The number of amides is 2. The molecule has 0 spiro atoms. The van der Waals surface area contributed by atoms with Gasteiger partial charge in [-0.05, 0) is 79.1 Å². The minimum absolute atomic E-state index is 0. The van der Waals surface area contributed by atoms with E-state index in [9.17, 15) is 23.8 Å². The van der Waals surface area contributed by atoms with E-state index in [4.69, 9.17) is 5.11 Å². The largest absolute Gasteiger partial charge is 0.481 e. The number of nitrogens with zero attached hydrogens (tertiary/aromatic N) is 1. The minimum atomic E-state index is -2.15. The number of nitrogens with one attached hydrogen (secondary N) is 2. The zero-order valence-electron chi connectivity index (χ0n) is 29.0. The first-order valence-corrected chi connectivity index (χ1v) is 16.5. The Kier molecular flexibility index (Phi) is 13.8. The van der Waals surface area contributed by atoms with Crippen LogP contribution < -0.4 is 10.6 Å². The molecule has 1 heterocycles. The maximum atomic E-state index is 15.2. The first kappa shape index (κ1) is 40.3. The second-order valence-electron chi connectivity index (χ2n) is 12.5. The summed E-state index contributed by atoms with van der Waals surface area (Å²) in [4.78, 5) is 43.2. The Hall–Kier alpha value is -4.49. The molecular weight excluding hydrogens is 679 g/mol. The van der Waals surface area contributed by atoms with E-state index in [0.717, 1.165) is 0 Å². The monoisotopic (exact) mass is 718 g/mol. The van der Waals surface area contributed by atoms with Crippen molar-refractivity contribution in [2.75, 3.05) is 10.6 Å². The Bertz CT molecular complexity index is 1910. The molecule has 1 aliphatic rings. The predicted molar refractivity (Wildman–Crippen MR) is 197 cm³/mol. The fourth-order valence-electron chi connectivity index (χ4n) is 6.57. The third-order valence-corrected chi connectivity index (χ3v) is 8.62. The number of hydrogen-bond donors (Lipinski definition) is 5. The van der Waals surface area contributed by atoms with Gasteiger partial charge in [-0.1, -0.05) is 72.8 Å². The van der Waals surface area contributed by atoms with Crippen molar-refractivity contribution in [1.29, 1.82) is 0 Å². The van der Waals surface area contributed by atoms with Crippen LogP contribution in [-0.2, 0) is 14.4 Å². The summed E-state index contributed by atoms with van der Waals surface area (Å²) >= 11 is 0. The molecule has 265 valence electrons. The van der Waals surface area contributed by atoms with Crippen LogP contribution in [0, 0.1) is 11.6 Å². The van der Waals surface area contributed by atoms with Gasteiger partial charge < -0.3 is 26.0 Å². The van der Waals surface area contributed by atoms with Crippen LogP contribution in [0.5, 0.6) is 0 Å². The zero-order valence-corrected chi connectivity index (χ0v) is 31.0. The Morgan fingerprint density at radius 3 is 1.79 bits per heavy atom. The summed E-state index contributed by atoms with van der Waals surface area (Å²) in [6.07, 6.45) is -0.510. The number of carboxylic acid groups (broad SMARTS) is 1. The fourth-order valence-corrected chi connectivity index (χ4v) is 6.57. The molecule has 0 saturated heterocycles. The van der Waals surface area contributed by atoms with Gasteiger partial charge in [0.1, 0.15) is 11.6 Å². The van der Waals surface area contributed by atoms with E-state index in [1.807, 2.05) is 0 Å². The molecule has 0 fully saturated rings. The van der Waals surface area contributed by atoms with Crippen molar-refractivity contribution in [2.24, 2.45) is 0 Å². The first-order chi connectivity index (χ1) is 24.4. The van der Waals surface area contributed by atoms with Gasteiger partial charge in [-0.2, -0.15) is 0 Å². The molecule has 5 N–H and O–H groups in total. The van der Waals surface area contributed by atoms with Crippen LogP contribution in [0.4, 0.5) is 20.2 Å². The van der Waals surface area contributed by atoms with Gasteiger partial charge >= 0.3 is 5.97 Å². The summed E-state index contributed by atoms with van der Waals surface area (Å²) in [5.74, 6) is -3.72. The van der Waals surface area contributed by atoms with Gasteiger partial charge in [0.05, 0.1) is 24.7 Å². The Labute approximate surface area is 323 Å². The van der Waals surface area contributed by atoms with Gasteiger partial charge in [0.25, 0.3) is 11.8 Å². The van der Waals surface area contributed by atoms with Gasteiger partial charge in [-0.3, -0.25) is 19.3 Å². The first-order valence-electron chi connectivity index (χ1n) is 16.5. The predicted octanol–water partition coefficient (Wildman–Crippen LogP) is 5.75. The maximum absolute atomic E-state index is 15.2. The summed E-state index contributed by atoms with van der Waals surface area (Å²) in [6, 6.07) is 26.7. The summed E-state index contributed by atoms with van der Waals surface area (Å²) in [5.41, 5.74) is 0.237. The number of benzene rings is 4. The molecule has 4 atom stereocenters. The molecule has 5 rings (SSSR count). The average molecular weight is 719 g/mol. The van der Waals surface area contributed by atoms with Crippen molar-refractivity contribution in [2.45, 2.75) is 56.5 Å². The molecule has 1 radical (unpaired) electrons. The molecule has 0 aliphatic carbocycles. The molecule has 0 aromatic heterocycles. The van der Waals surface area contributed by atoms with Crippen LogP contribution in [0.3, 0.4) is 0 Å². The Balaban J connectivity index is 0.00000605. The molecule has 52 heavy (non-hydrogen) atoms. The molecule has 9 nitrogen and oxygen atoms in total. The SMILES string of the molecule is CC(C)N1C(C=C[C@@H](O)C[C@@H](O)CC(=O)O)C(c2ccc(F)cc2)=C(c2ccccc2)C1(C(=O)Nc1ccccc1)C(=O)Nc1ccc(F)cc1.[Na]. The number of aliphatic carboxylic acids is 1. The van der Waals surface area contributed by atoms with Crippen molar-refractivity contribution < 1.29 is 38.5 Å². The maximum Gasteiger partial charge on any atom is 0.305 e. The van der Waals surface area contributed by atoms with E-state index in [1.165, 1.54) is 42.5 Å². The second kappa shape index (κ2) is 17.8. The van der Waals surface area contributed by atoms with E-state index in [2.05, 4.69) is 10.6 Å². The van der Waals surface area contributed by atoms with Gasteiger partial charge in [-0.15, -0.1) is 0 Å². The third kappa shape index (κ3) is 8.92. The van der Waals surface area contributed by atoms with Crippen molar-refractivity contribution in [3.63, 3.8) is 0 Å². The number of rotatable bonds is 13. The van der Waals surface area contributed by atoms with E-state index in [1.54, 1.807) is 97.6 Å². The standard InChI is InChI=1S/C40H39F2N3O6.Na/c1-25(2)45-34(22-21-32(46)23-33(47)24-35(48)49)36(26-13-15-28(41)16-14-26)37(27-9-5-3-6-10-27)40(45,38(50)43-30-11-7-4-8-12-30)39(51)44-31-19-17-29(42)18-20-31;/h3-22,25,32-34,46-47H,23-24H2,1-2H3,(H,43,50)(H,44,51)(H,48,49);/t32-,33-,34?,40?;/m1./s1. The molecule has 12 heteroatoms. The van der Waals surface area contributed by atoms with Crippen molar-refractivity contribution in [3.05, 3.63) is 144 Å². The number of hydrogen-bond acceptors (Lipinski definition) is 6. The minimum Gasteiger partial charge on any atom is -0.481 e. The van der Waals surface area contributed by atoms with Gasteiger partial charge in [0.15, 0.2) is 0 Å². The number of halogens is 2. The van der Waals surface area contributed by atoms with E-state index in [-0.39, 0.29) is 47.2 Å². The zero-order chi connectivity index (χ0) is 36.7. The Morgan fingerprint density at radius 1 is 0.769 bits per heavy atom. The quantitative estimate of drug-likeness (QED) is 0.0675. The third-order valence-electron chi connectivity index (χ3n) is 8.62. The second-order valence-corrected chi connectivity index (χ2v) is 12.5.